The van der Waals surface area contributed by atoms with E-state index in [0.29, 0.717) is 5.82 Å². The fraction of sp³-hybridized carbons (Fsp3) is 0.279. The molecule has 0 N–H and O–H groups in total. The first-order valence-electron chi connectivity index (χ1n) is 33.0. The van der Waals surface area contributed by atoms with E-state index in [9.17, 15) is 0 Å². The molecule has 0 spiro atoms. The summed E-state index contributed by atoms with van der Waals surface area (Å²) >= 11 is 0. The summed E-state index contributed by atoms with van der Waals surface area (Å²) in [6.07, 6.45) is 0. The van der Waals surface area contributed by atoms with Gasteiger partial charge in [-0.05, 0) is 228 Å². The van der Waals surface area contributed by atoms with Crippen LogP contribution in [0.1, 0.15) is 158 Å². The van der Waals surface area contributed by atoms with Gasteiger partial charge in [0.05, 0.1) is 11.4 Å². The van der Waals surface area contributed by atoms with Crippen LogP contribution < -0.4 is 26.2 Å². The third-order valence-corrected chi connectivity index (χ3v) is 19.6. The highest BCUT2D eigenvalue weighted by Gasteiger charge is 2.45. The number of anilines is 6. The van der Waals surface area contributed by atoms with Gasteiger partial charge in [-0.2, -0.15) is 0 Å². The molecule has 5 heteroatoms. The van der Waals surface area contributed by atoms with Crippen molar-refractivity contribution < 1.29 is 0 Å². The van der Waals surface area contributed by atoms with E-state index in [0.717, 1.165) is 50.8 Å². The Hall–Kier alpha value is -8.80. The van der Waals surface area contributed by atoms with Crippen molar-refractivity contribution in [3.63, 3.8) is 0 Å². The summed E-state index contributed by atoms with van der Waals surface area (Å²) in [6, 6.07) is 77.6. The maximum atomic E-state index is 5.90. The molecule has 0 bridgehead atoms. The first-order chi connectivity index (χ1) is 42.8. The first kappa shape index (κ1) is 59.8. The van der Waals surface area contributed by atoms with Crippen molar-refractivity contribution in [3.05, 3.63) is 234 Å². The zero-order chi connectivity index (χ0) is 64.2. The standard InChI is InChI=1S/C86H87BN4/c1-81(2,3)63-27-31-69(32-28-63)90-75-45-58-37-54-25-21-19-23-52(54)35-56(58)43-71(75)87-72-44-57-36-53-24-20-22-26-55(53)38-59(57)46-76(72)91(70-33-29-64(30-34-70)82(4,5)6)78-48-61(47-77(90)79(78)87)74-51-73(60-39-65(83(7,8)9)49-66(40-60)84(10,11)12)88-80(89-74)62-41-67(85(13,14)15)50-68(42-62)86(16,17)18/h19-51H,1-18H3. The van der Waals surface area contributed by atoms with Gasteiger partial charge in [0.15, 0.2) is 5.82 Å². The van der Waals surface area contributed by atoms with Crippen LogP contribution in [0.5, 0.6) is 0 Å². The van der Waals surface area contributed by atoms with E-state index in [-0.39, 0.29) is 39.2 Å². The van der Waals surface area contributed by atoms with Gasteiger partial charge in [0.25, 0.3) is 6.71 Å². The summed E-state index contributed by atoms with van der Waals surface area (Å²) in [7, 11) is 0. The Morgan fingerprint density at radius 3 is 0.901 bits per heavy atom. The van der Waals surface area contributed by atoms with E-state index in [1.54, 1.807) is 0 Å². The molecule has 0 atom stereocenters. The molecule has 454 valence electrons. The van der Waals surface area contributed by atoms with Crippen LogP contribution in [0.2, 0.25) is 0 Å². The Labute approximate surface area is 541 Å². The number of fused-ring (bicyclic) bond motifs is 8. The third kappa shape index (κ3) is 10.8. The van der Waals surface area contributed by atoms with Gasteiger partial charge in [0.2, 0.25) is 0 Å². The number of benzene rings is 11. The van der Waals surface area contributed by atoms with Crippen molar-refractivity contribution >= 4 is 100 Å². The van der Waals surface area contributed by atoms with Crippen LogP contribution in [0.4, 0.5) is 34.1 Å². The lowest BCUT2D eigenvalue weighted by atomic mass is 9.33. The molecule has 0 radical (unpaired) electrons. The fourth-order valence-electron chi connectivity index (χ4n) is 13.9. The maximum Gasteiger partial charge on any atom is 0.252 e. The van der Waals surface area contributed by atoms with Crippen molar-refractivity contribution in [1.82, 2.24) is 9.97 Å². The summed E-state index contributed by atoms with van der Waals surface area (Å²) in [4.78, 5) is 16.8. The molecule has 0 unspecified atom stereocenters. The van der Waals surface area contributed by atoms with E-state index in [1.165, 1.54) is 104 Å². The first-order valence-corrected chi connectivity index (χ1v) is 33.0. The lowest BCUT2D eigenvalue weighted by Gasteiger charge is -2.45. The predicted octanol–water partition coefficient (Wildman–Crippen LogP) is 22.0. The SMILES string of the molecule is CC(C)(C)c1ccc(N2c3cc4cc5ccccc5cc4cc3B3c4cc5cc6ccccc6cc5cc4N(c4ccc(C(C)(C)C)cc4)c4cc(-c5cc(-c6cc(C(C)(C)C)cc(C(C)(C)C)c6)nc(-c6cc(C(C)(C)C)cc(C(C)(C)C)c6)n5)cc2c43)cc1. The van der Waals surface area contributed by atoms with Crippen LogP contribution >= 0.6 is 0 Å². The normalized spacial score (nSPS) is 13.8. The van der Waals surface area contributed by atoms with E-state index < -0.39 is 0 Å². The van der Waals surface area contributed by atoms with E-state index >= 15 is 0 Å². The molecular formula is C86H87BN4. The van der Waals surface area contributed by atoms with Gasteiger partial charge in [-0.1, -0.05) is 222 Å². The van der Waals surface area contributed by atoms with Gasteiger partial charge in [0, 0.05) is 50.8 Å². The molecule has 2 aliphatic rings. The van der Waals surface area contributed by atoms with E-state index in [4.69, 9.17) is 9.97 Å². The molecule has 11 aromatic carbocycles. The number of nitrogens with zero attached hydrogens (tertiary/aromatic N) is 4. The topological polar surface area (TPSA) is 32.3 Å². The second-order valence-corrected chi connectivity index (χ2v) is 32.6. The van der Waals surface area contributed by atoms with E-state index in [2.05, 4.69) is 335 Å². The molecule has 1 aromatic heterocycles. The van der Waals surface area contributed by atoms with Crippen LogP contribution in [0, 0.1) is 0 Å². The molecule has 0 saturated heterocycles. The van der Waals surface area contributed by atoms with Gasteiger partial charge in [-0.25, -0.2) is 9.97 Å². The second kappa shape index (κ2) is 20.9. The molecule has 2 aliphatic heterocycles. The Morgan fingerprint density at radius 2 is 0.571 bits per heavy atom. The average Bonchev–Trinajstić information content (AvgIpc) is 0.692. The minimum atomic E-state index is -0.144. The van der Waals surface area contributed by atoms with Crippen molar-refractivity contribution in [3.8, 4) is 33.9 Å². The van der Waals surface area contributed by atoms with Gasteiger partial charge in [-0.3, -0.25) is 0 Å². The van der Waals surface area contributed by atoms with Crippen LogP contribution in [-0.4, -0.2) is 16.7 Å². The zero-order valence-electron chi connectivity index (χ0n) is 56.9. The highest BCUT2D eigenvalue weighted by molar-refractivity contribution is 7.00. The van der Waals surface area contributed by atoms with Crippen LogP contribution in [0.25, 0.3) is 77.0 Å². The lowest BCUT2D eigenvalue weighted by molar-refractivity contribution is 0.568. The molecule has 91 heavy (non-hydrogen) atoms. The molecule has 0 fully saturated rings. The average molecular weight is 1190 g/mol. The minimum absolute atomic E-state index is 0.0386. The summed E-state index contributed by atoms with van der Waals surface area (Å²) < 4.78 is 0. The third-order valence-electron chi connectivity index (χ3n) is 19.6. The molecule has 12 aromatic rings. The number of hydrogen-bond donors (Lipinski definition) is 0. The summed E-state index contributed by atoms with van der Waals surface area (Å²) in [5.41, 5.74) is 22.7. The summed E-state index contributed by atoms with van der Waals surface area (Å²) in [5.74, 6) is 0.712. The summed E-state index contributed by atoms with van der Waals surface area (Å²) in [5, 5.41) is 9.81. The Bertz CT molecular complexity index is 4560. The summed E-state index contributed by atoms with van der Waals surface area (Å²) in [6.45, 7) is 41.5. The van der Waals surface area contributed by atoms with Crippen molar-refractivity contribution in [1.29, 1.82) is 0 Å². The number of rotatable bonds is 5. The lowest BCUT2D eigenvalue weighted by Crippen LogP contribution is -2.61. The van der Waals surface area contributed by atoms with Crippen molar-refractivity contribution in [2.45, 2.75) is 157 Å². The number of aromatic nitrogens is 2. The molecular weight excluding hydrogens is 1100 g/mol. The number of hydrogen-bond acceptors (Lipinski definition) is 4. The van der Waals surface area contributed by atoms with Crippen molar-refractivity contribution in [2.24, 2.45) is 0 Å². The van der Waals surface area contributed by atoms with Crippen molar-refractivity contribution in [2.75, 3.05) is 9.80 Å². The molecule has 0 saturated carbocycles. The second-order valence-electron chi connectivity index (χ2n) is 32.6. The zero-order valence-corrected chi connectivity index (χ0v) is 56.9. The molecule has 0 aliphatic carbocycles. The molecule has 0 amide bonds. The predicted molar refractivity (Wildman–Crippen MR) is 395 cm³/mol. The van der Waals surface area contributed by atoms with Gasteiger partial charge < -0.3 is 9.80 Å². The van der Waals surface area contributed by atoms with Gasteiger partial charge >= 0.3 is 0 Å². The fourth-order valence-corrected chi connectivity index (χ4v) is 13.9. The van der Waals surface area contributed by atoms with Crippen LogP contribution in [0.3, 0.4) is 0 Å². The van der Waals surface area contributed by atoms with Gasteiger partial charge in [-0.15, -0.1) is 0 Å². The van der Waals surface area contributed by atoms with Gasteiger partial charge in [0.1, 0.15) is 0 Å². The van der Waals surface area contributed by atoms with Crippen LogP contribution in [0.15, 0.2) is 200 Å². The minimum Gasteiger partial charge on any atom is -0.311 e. The Kier molecular flexibility index (Phi) is 13.7. The Morgan fingerprint density at radius 1 is 0.264 bits per heavy atom. The quantitative estimate of drug-likeness (QED) is 0.127. The largest absolute Gasteiger partial charge is 0.311 e. The molecule has 14 rings (SSSR count). The Balaban J connectivity index is 1.14. The maximum absolute atomic E-state index is 5.90. The monoisotopic (exact) mass is 1190 g/mol. The molecule has 4 nitrogen and oxygen atoms in total. The van der Waals surface area contributed by atoms with E-state index in [1.807, 2.05) is 0 Å². The highest BCUT2D eigenvalue weighted by atomic mass is 15.2. The molecule has 3 heterocycles. The smallest absolute Gasteiger partial charge is 0.252 e. The highest BCUT2D eigenvalue weighted by Crippen LogP contribution is 2.49. The van der Waals surface area contributed by atoms with Crippen LogP contribution in [-0.2, 0) is 32.5 Å².